The summed E-state index contributed by atoms with van der Waals surface area (Å²) >= 11 is 3.25. The summed E-state index contributed by atoms with van der Waals surface area (Å²) in [6.45, 7) is 1.81. The summed E-state index contributed by atoms with van der Waals surface area (Å²) in [7, 11) is 0. The van der Waals surface area contributed by atoms with Gasteiger partial charge in [-0.15, -0.1) is 0 Å². The number of anilines is 1. The molecule has 76 valence electrons. The Morgan fingerprint density at radius 3 is 2.79 bits per heavy atom. The average Bonchev–Trinajstić information content (AvgIpc) is 2.10. The van der Waals surface area contributed by atoms with Gasteiger partial charge in [-0.25, -0.2) is 0 Å². The number of carboxylic acid groups (broad SMARTS) is 1. The molecular formula is C9H11BrN2O2. The highest BCUT2D eigenvalue weighted by molar-refractivity contribution is 9.10. The Morgan fingerprint density at radius 1 is 1.71 bits per heavy atom. The van der Waals surface area contributed by atoms with Crippen LogP contribution in [0.25, 0.3) is 0 Å². The summed E-state index contributed by atoms with van der Waals surface area (Å²) in [6.07, 6.45) is 3.52. The van der Waals surface area contributed by atoms with Crippen molar-refractivity contribution in [1.82, 2.24) is 4.98 Å². The van der Waals surface area contributed by atoms with Gasteiger partial charge < -0.3 is 10.8 Å². The van der Waals surface area contributed by atoms with E-state index in [-0.39, 0.29) is 0 Å². The number of pyridine rings is 1. The molecule has 1 aromatic heterocycles. The minimum atomic E-state index is -0.869. The zero-order valence-corrected chi connectivity index (χ0v) is 9.28. The second kappa shape index (κ2) is 4.41. The zero-order chi connectivity index (χ0) is 10.7. The fourth-order valence-electron chi connectivity index (χ4n) is 1.33. The molecule has 0 saturated heterocycles. The standard InChI is InChI=1S/C9H11BrN2O2/c1-2-5(9(13)14)8-6(10)3-12-4-7(8)11/h3-5H,2,11H2,1H3,(H,13,14). The largest absolute Gasteiger partial charge is 0.481 e. The summed E-state index contributed by atoms with van der Waals surface area (Å²) < 4.78 is 0.645. The van der Waals surface area contributed by atoms with E-state index >= 15 is 0 Å². The minimum absolute atomic E-state index is 0.411. The van der Waals surface area contributed by atoms with Crippen molar-refractivity contribution in [2.24, 2.45) is 0 Å². The molecule has 0 saturated carbocycles. The van der Waals surface area contributed by atoms with Crippen molar-refractivity contribution in [2.45, 2.75) is 19.3 Å². The van der Waals surface area contributed by atoms with Crippen LogP contribution in [0.4, 0.5) is 5.69 Å². The lowest BCUT2D eigenvalue weighted by Crippen LogP contribution is -2.13. The monoisotopic (exact) mass is 258 g/mol. The second-order valence-corrected chi connectivity index (χ2v) is 3.78. The Kier molecular flexibility index (Phi) is 3.46. The first-order chi connectivity index (χ1) is 6.57. The molecule has 4 nitrogen and oxygen atoms in total. The van der Waals surface area contributed by atoms with Crippen molar-refractivity contribution in [3.8, 4) is 0 Å². The number of hydrogen-bond acceptors (Lipinski definition) is 3. The Hall–Kier alpha value is -1.10. The summed E-state index contributed by atoms with van der Waals surface area (Å²) in [5.74, 6) is -1.45. The van der Waals surface area contributed by atoms with Gasteiger partial charge in [-0.05, 0) is 22.4 Å². The first kappa shape index (κ1) is 11.0. The van der Waals surface area contributed by atoms with Crippen LogP contribution in [0.5, 0.6) is 0 Å². The maximum atomic E-state index is 10.9. The highest BCUT2D eigenvalue weighted by Gasteiger charge is 2.22. The third-order valence-corrected chi connectivity index (χ3v) is 2.66. The normalized spacial score (nSPS) is 12.4. The van der Waals surface area contributed by atoms with E-state index in [9.17, 15) is 4.79 Å². The van der Waals surface area contributed by atoms with Gasteiger partial charge in [0.05, 0.1) is 17.8 Å². The van der Waals surface area contributed by atoms with E-state index in [1.54, 1.807) is 6.20 Å². The van der Waals surface area contributed by atoms with Crippen molar-refractivity contribution in [1.29, 1.82) is 0 Å². The Morgan fingerprint density at radius 2 is 2.36 bits per heavy atom. The lowest BCUT2D eigenvalue weighted by molar-refractivity contribution is -0.138. The highest BCUT2D eigenvalue weighted by atomic mass is 79.9. The molecule has 0 radical (unpaired) electrons. The van der Waals surface area contributed by atoms with Gasteiger partial charge in [-0.3, -0.25) is 9.78 Å². The van der Waals surface area contributed by atoms with Crippen LogP contribution in [0.2, 0.25) is 0 Å². The fraction of sp³-hybridized carbons (Fsp3) is 0.333. The molecule has 14 heavy (non-hydrogen) atoms. The molecule has 0 aliphatic rings. The Bertz CT molecular complexity index is 334. The first-order valence-electron chi connectivity index (χ1n) is 4.19. The molecule has 1 rings (SSSR count). The molecule has 5 heteroatoms. The van der Waals surface area contributed by atoms with E-state index in [1.807, 2.05) is 6.92 Å². The summed E-state index contributed by atoms with van der Waals surface area (Å²) in [5.41, 5.74) is 6.70. The SMILES string of the molecule is CCC(C(=O)O)c1c(N)cncc1Br. The number of halogens is 1. The van der Waals surface area contributed by atoms with Gasteiger partial charge >= 0.3 is 5.97 Å². The van der Waals surface area contributed by atoms with Gasteiger partial charge in [0.2, 0.25) is 0 Å². The molecule has 0 bridgehead atoms. The van der Waals surface area contributed by atoms with E-state index in [1.165, 1.54) is 6.20 Å². The van der Waals surface area contributed by atoms with Gasteiger partial charge in [0.1, 0.15) is 0 Å². The maximum absolute atomic E-state index is 10.9. The molecule has 0 aliphatic carbocycles. The Labute approximate surface area is 90.3 Å². The second-order valence-electron chi connectivity index (χ2n) is 2.92. The summed E-state index contributed by atoms with van der Waals surface area (Å²) in [5, 5.41) is 8.98. The highest BCUT2D eigenvalue weighted by Crippen LogP contribution is 2.31. The number of hydrogen-bond donors (Lipinski definition) is 2. The number of rotatable bonds is 3. The van der Waals surface area contributed by atoms with Crippen molar-refractivity contribution in [3.05, 3.63) is 22.4 Å². The van der Waals surface area contributed by atoms with E-state index in [0.717, 1.165) is 0 Å². The van der Waals surface area contributed by atoms with E-state index in [0.29, 0.717) is 22.1 Å². The van der Waals surface area contributed by atoms with Gasteiger partial charge in [0, 0.05) is 16.2 Å². The molecule has 0 amide bonds. The number of nitrogens with zero attached hydrogens (tertiary/aromatic N) is 1. The Balaban J connectivity index is 3.22. The van der Waals surface area contributed by atoms with Crippen LogP contribution in [-0.2, 0) is 4.79 Å². The maximum Gasteiger partial charge on any atom is 0.311 e. The van der Waals surface area contributed by atoms with Crippen LogP contribution in [0, 0.1) is 0 Å². The van der Waals surface area contributed by atoms with Crippen LogP contribution in [0.15, 0.2) is 16.9 Å². The van der Waals surface area contributed by atoms with E-state index in [2.05, 4.69) is 20.9 Å². The predicted molar refractivity (Wildman–Crippen MR) is 57.0 cm³/mol. The van der Waals surface area contributed by atoms with Crippen LogP contribution in [-0.4, -0.2) is 16.1 Å². The van der Waals surface area contributed by atoms with Crippen molar-refractivity contribution in [2.75, 3.05) is 5.73 Å². The molecular weight excluding hydrogens is 248 g/mol. The van der Waals surface area contributed by atoms with Crippen molar-refractivity contribution in [3.63, 3.8) is 0 Å². The van der Waals surface area contributed by atoms with Crippen molar-refractivity contribution >= 4 is 27.6 Å². The van der Waals surface area contributed by atoms with E-state index < -0.39 is 11.9 Å². The van der Waals surface area contributed by atoms with Gasteiger partial charge in [-0.1, -0.05) is 6.92 Å². The fourth-order valence-corrected chi connectivity index (χ4v) is 1.95. The number of carbonyl (C=O) groups is 1. The average molecular weight is 259 g/mol. The van der Waals surface area contributed by atoms with E-state index in [4.69, 9.17) is 10.8 Å². The van der Waals surface area contributed by atoms with Gasteiger partial charge in [0.25, 0.3) is 0 Å². The molecule has 1 aromatic rings. The molecule has 1 atom stereocenters. The van der Waals surface area contributed by atoms with Crippen LogP contribution in [0.3, 0.4) is 0 Å². The molecule has 1 heterocycles. The molecule has 0 aliphatic heterocycles. The number of aliphatic carboxylic acids is 1. The number of aromatic nitrogens is 1. The quantitative estimate of drug-likeness (QED) is 0.870. The number of nitrogens with two attached hydrogens (primary N) is 1. The van der Waals surface area contributed by atoms with Crippen LogP contribution < -0.4 is 5.73 Å². The summed E-state index contributed by atoms with van der Waals surface area (Å²) in [6, 6.07) is 0. The molecule has 1 unspecified atom stereocenters. The molecule has 3 N–H and O–H groups in total. The zero-order valence-electron chi connectivity index (χ0n) is 7.70. The van der Waals surface area contributed by atoms with Crippen LogP contribution in [0.1, 0.15) is 24.8 Å². The van der Waals surface area contributed by atoms with Crippen LogP contribution >= 0.6 is 15.9 Å². The molecule has 0 fully saturated rings. The summed E-state index contributed by atoms with van der Waals surface area (Å²) in [4.78, 5) is 14.8. The topological polar surface area (TPSA) is 76.2 Å². The lowest BCUT2D eigenvalue weighted by atomic mass is 9.96. The van der Waals surface area contributed by atoms with Gasteiger partial charge in [0.15, 0.2) is 0 Å². The number of carboxylic acids is 1. The smallest absolute Gasteiger partial charge is 0.311 e. The third kappa shape index (κ3) is 2.04. The third-order valence-electron chi connectivity index (χ3n) is 2.02. The molecule has 0 spiro atoms. The lowest BCUT2D eigenvalue weighted by Gasteiger charge is -2.13. The molecule has 0 aromatic carbocycles. The predicted octanol–water partition coefficient (Wildman–Crippen LogP) is 2.00. The van der Waals surface area contributed by atoms with Crippen molar-refractivity contribution < 1.29 is 9.90 Å². The van der Waals surface area contributed by atoms with Gasteiger partial charge in [-0.2, -0.15) is 0 Å². The minimum Gasteiger partial charge on any atom is -0.481 e. The first-order valence-corrected chi connectivity index (χ1v) is 4.98. The number of nitrogen functional groups attached to an aromatic ring is 1.